The number of nitrogens with one attached hydrogen (secondary N) is 1. The number of anilines is 1. The third-order valence-corrected chi connectivity index (χ3v) is 2.97. The summed E-state index contributed by atoms with van der Waals surface area (Å²) in [4.78, 5) is 0. The molecule has 1 rings (SSSR count). The number of hydrogen-bond acceptors (Lipinski definition) is 4. The van der Waals surface area contributed by atoms with Gasteiger partial charge in [0.05, 0.1) is 12.8 Å². The van der Waals surface area contributed by atoms with Crippen molar-refractivity contribution in [3.8, 4) is 17.6 Å². The van der Waals surface area contributed by atoms with Crippen molar-refractivity contribution >= 4 is 15.7 Å². The Morgan fingerprint density at radius 3 is 2.68 bits per heavy atom. The summed E-state index contributed by atoms with van der Waals surface area (Å²) in [6, 6.07) is 4.12. The van der Waals surface area contributed by atoms with E-state index >= 15 is 0 Å². The van der Waals surface area contributed by atoms with E-state index in [1.165, 1.54) is 25.3 Å². The Hall–Kier alpha value is -1.85. The Balaban J connectivity index is 3.17. The fraction of sp³-hybridized carbons (Fsp3) is 0.273. The lowest BCUT2D eigenvalue weighted by molar-refractivity contribution is 0.236. The number of alkyl halides is 2. The summed E-state index contributed by atoms with van der Waals surface area (Å²) in [7, 11) is -3.51. The fourth-order valence-corrected chi connectivity index (χ4v) is 1.76. The minimum absolute atomic E-state index is 0.0822. The van der Waals surface area contributed by atoms with Crippen LogP contribution in [0.2, 0.25) is 0 Å². The molecule has 19 heavy (non-hydrogen) atoms. The van der Waals surface area contributed by atoms with Gasteiger partial charge in [0.1, 0.15) is 12.4 Å². The van der Waals surface area contributed by atoms with Crippen LogP contribution >= 0.6 is 0 Å². The van der Waals surface area contributed by atoms with E-state index in [-0.39, 0.29) is 18.0 Å². The van der Waals surface area contributed by atoms with Gasteiger partial charge in [0.25, 0.3) is 10.0 Å². The lowest BCUT2D eigenvalue weighted by Crippen LogP contribution is -2.20. The maximum absolute atomic E-state index is 12.3. The molecule has 0 heterocycles. The predicted octanol–water partition coefficient (Wildman–Crippen LogP) is 1.00. The van der Waals surface area contributed by atoms with Crippen molar-refractivity contribution in [1.82, 2.24) is 0 Å². The van der Waals surface area contributed by atoms with Crippen LogP contribution in [0.25, 0.3) is 0 Å². The summed E-state index contributed by atoms with van der Waals surface area (Å²) >= 11 is 0. The molecule has 0 fully saturated rings. The van der Waals surface area contributed by atoms with Gasteiger partial charge >= 0.3 is 5.76 Å². The van der Waals surface area contributed by atoms with Crippen molar-refractivity contribution in [3.63, 3.8) is 0 Å². The number of hydrogen-bond donors (Lipinski definition) is 2. The third-order valence-electron chi connectivity index (χ3n) is 2.00. The van der Waals surface area contributed by atoms with Crippen molar-refractivity contribution in [3.05, 3.63) is 23.8 Å². The first-order chi connectivity index (χ1) is 8.90. The van der Waals surface area contributed by atoms with Gasteiger partial charge in [0.15, 0.2) is 0 Å². The van der Waals surface area contributed by atoms with Gasteiger partial charge in [-0.1, -0.05) is 11.8 Å². The number of ether oxygens (including phenoxy) is 1. The molecule has 0 aliphatic rings. The second-order valence-electron chi connectivity index (χ2n) is 3.28. The van der Waals surface area contributed by atoms with E-state index in [0.717, 1.165) is 0 Å². The summed E-state index contributed by atoms with van der Waals surface area (Å²) in [6.45, 7) is -0.371. The van der Waals surface area contributed by atoms with Gasteiger partial charge in [0.2, 0.25) is 0 Å². The molecule has 0 amide bonds. The van der Waals surface area contributed by atoms with Crippen LogP contribution in [0.1, 0.15) is 5.56 Å². The molecule has 2 N–H and O–H groups in total. The average molecular weight is 291 g/mol. The molecule has 0 atom stereocenters. The molecule has 0 radical (unpaired) electrons. The number of rotatable bonds is 4. The molecular formula is C11H11F2NO4S. The molecule has 8 heteroatoms. The van der Waals surface area contributed by atoms with Crippen LogP contribution in [0.15, 0.2) is 18.2 Å². The highest BCUT2D eigenvalue weighted by atomic mass is 32.2. The van der Waals surface area contributed by atoms with Gasteiger partial charge in [0, 0.05) is 5.56 Å². The van der Waals surface area contributed by atoms with Crippen LogP contribution in [-0.2, 0) is 10.0 Å². The molecule has 0 spiro atoms. The largest absolute Gasteiger partial charge is 0.495 e. The molecule has 1 aromatic carbocycles. The van der Waals surface area contributed by atoms with Crippen molar-refractivity contribution in [2.75, 3.05) is 18.4 Å². The highest BCUT2D eigenvalue weighted by Gasteiger charge is 2.25. The Morgan fingerprint density at radius 2 is 2.16 bits per heavy atom. The molecule has 5 nitrogen and oxygen atoms in total. The molecule has 0 saturated heterocycles. The van der Waals surface area contributed by atoms with Gasteiger partial charge in [-0.3, -0.25) is 4.72 Å². The maximum Gasteiger partial charge on any atom is 0.355 e. The van der Waals surface area contributed by atoms with E-state index in [0.29, 0.717) is 5.56 Å². The van der Waals surface area contributed by atoms with Gasteiger partial charge in [-0.15, -0.1) is 0 Å². The van der Waals surface area contributed by atoms with Crippen molar-refractivity contribution in [2.24, 2.45) is 0 Å². The Morgan fingerprint density at radius 1 is 1.47 bits per heavy atom. The van der Waals surface area contributed by atoms with Crippen LogP contribution in [0, 0.1) is 11.8 Å². The Bertz CT molecular complexity index is 605. The number of benzene rings is 1. The molecule has 104 valence electrons. The number of methoxy groups -OCH3 is 1. The predicted molar refractivity (Wildman–Crippen MR) is 65.5 cm³/mol. The summed E-state index contributed by atoms with van der Waals surface area (Å²) < 4.78 is 53.4. The summed E-state index contributed by atoms with van der Waals surface area (Å²) in [5.41, 5.74) is 0.203. The molecule has 0 saturated carbocycles. The molecule has 0 aliphatic heterocycles. The van der Waals surface area contributed by atoms with E-state index < -0.39 is 15.8 Å². The maximum atomic E-state index is 12.3. The van der Waals surface area contributed by atoms with Crippen LogP contribution < -0.4 is 9.46 Å². The highest BCUT2D eigenvalue weighted by molar-refractivity contribution is 7.93. The Labute approximate surface area is 109 Å². The number of sulfonamides is 1. The van der Waals surface area contributed by atoms with E-state index in [1.54, 1.807) is 4.72 Å². The molecule has 0 bridgehead atoms. The number of aliphatic hydroxyl groups is 1. The van der Waals surface area contributed by atoms with Crippen molar-refractivity contribution in [1.29, 1.82) is 0 Å². The smallest absolute Gasteiger partial charge is 0.355 e. The van der Waals surface area contributed by atoms with Gasteiger partial charge in [-0.05, 0) is 18.2 Å². The van der Waals surface area contributed by atoms with Gasteiger partial charge in [-0.25, -0.2) is 8.42 Å². The number of halogens is 2. The number of aliphatic hydroxyl groups excluding tert-OH is 1. The van der Waals surface area contributed by atoms with Crippen LogP contribution in [0.4, 0.5) is 14.5 Å². The normalized spacial score (nSPS) is 10.8. The minimum atomic E-state index is -4.78. The summed E-state index contributed by atoms with van der Waals surface area (Å²) in [6.07, 6.45) is 0. The lowest BCUT2D eigenvalue weighted by atomic mass is 10.2. The summed E-state index contributed by atoms with van der Waals surface area (Å²) in [5, 5.41) is 8.55. The van der Waals surface area contributed by atoms with E-state index in [9.17, 15) is 17.2 Å². The Kier molecular flexibility index (Phi) is 5.09. The van der Waals surface area contributed by atoms with Gasteiger partial charge in [-0.2, -0.15) is 8.78 Å². The monoisotopic (exact) mass is 291 g/mol. The average Bonchev–Trinajstić information content (AvgIpc) is 2.36. The zero-order chi connectivity index (χ0) is 14.5. The fourth-order valence-electron chi connectivity index (χ4n) is 1.20. The van der Waals surface area contributed by atoms with Gasteiger partial charge < -0.3 is 9.84 Å². The standard InChI is InChI=1S/C11H11F2NO4S/c1-18-10-5-4-8(3-2-6-15)7-9(10)14-19(16,17)11(12)13/h4-5,7,11,14-15H,6H2,1H3. The molecule has 0 unspecified atom stereocenters. The van der Waals surface area contributed by atoms with Crippen molar-refractivity contribution < 1.29 is 27.0 Å². The second-order valence-corrected chi connectivity index (χ2v) is 4.93. The molecule has 0 aliphatic carbocycles. The summed E-state index contributed by atoms with van der Waals surface area (Å²) in [5.74, 6) is 1.41. The molecular weight excluding hydrogens is 280 g/mol. The zero-order valence-electron chi connectivity index (χ0n) is 9.85. The van der Waals surface area contributed by atoms with Crippen molar-refractivity contribution in [2.45, 2.75) is 5.76 Å². The first-order valence-electron chi connectivity index (χ1n) is 4.98. The lowest BCUT2D eigenvalue weighted by Gasteiger charge is -2.11. The van der Waals surface area contributed by atoms with Crippen LogP contribution in [-0.4, -0.2) is 33.0 Å². The minimum Gasteiger partial charge on any atom is -0.495 e. The molecule has 0 aromatic heterocycles. The van der Waals surface area contributed by atoms with E-state index in [2.05, 4.69) is 11.8 Å². The topological polar surface area (TPSA) is 75.6 Å². The molecule has 1 aromatic rings. The zero-order valence-corrected chi connectivity index (χ0v) is 10.7. The third kappa shape index (κ3) is 4.08. The highest BCUT2D eigenvalue weighted by Crippen LogP contribution is 2.27. The SMILES string of the molecule is COc1ccc(C#CCO)cc1NS(=O)(=O)C(F)F. The van der Waals surface area contributed by atoms with E-state index in [1.807, 2.05) is 0 Å². The first-order valence-corrected chi connectivity index (χ1v) is 6.53. The van der Waals surface area contributed by atoms with E-state index in [4.69, 9.17) is 9.84 Å². The second kappa shape index (κ2) is 6.36. The van der Waals surface area contributed by atoms with Crippen LogP contribution in [0.5, 0.6) is 5.75 Å². The first kappa shape index (κ1) is 15.2. The van der Waals surface area contributed by atoms with Crippen LogP contribution in [0.3, 0.4) is 0 Å². The quantitative estimate of drug-likeness (QED) is 0.812.